The molecule has 0 aromatic heterocycles. The number of ether oxygens (including phenoxy) is 1. The second-order valence-electron chi connectivity index (χ2n) is 7.37. The molecule has 0 unspecified atom stereocenters. The molecule has 33 heavy (non-hydrogen) atoms. The predicted molar refractivity (Wildman–Crippen MR) is 116 cm³/mol. The fourth-order valence-electron chi connectivity index (χ4n) is 3.29. The number of amides is 1. The van der Waals surface area contributed by atoms with Gasteiger partial charge in [0.15, 0.2) is 6.10 Å². The second kappa shape index (κ2) is 10.3. The molecule has 172 valence electrons. The van der Waals surface area contributed by atoms with Gasteiger partial charge >= 0.3 is 12.1 Å². The smallest absolute Gasteiger partial charge is 0.416 e. The van der Waals surface area contributed by atoms with E-state index in [9.17, 15) is 27.9 Å². The first-order chi connectivity index (χ1) is 15.7. The van der Waals surface area contributed by atoms with Crippen molar-refractivity contribution >= 4 is 11.9 Å². The summed E-state index contributed by atoms with van der Waals surface area (Å²) in [5, 5.41) is 12.7. The standard InChI is InChI=1S/C25H22F3NO4/c1-33-24(32)21(15-16-7-9-18(10-8-16)17-5-3-2-4-6-17)29-23(31)22(30)19-11-13-20(14-12-19)25(26,27)28/h2-14,21-22,30H,15H2,1H3,(H,29,31)/t21-,22+/m1/s1. The zero-order chi connectivity index (χ0) is 24.0. The normalized spacial score (nSPS) is 13.1. The summed E-state index contributed by atoms with van der Waals surface area (Å²) in [5.74, 6) is -1.64. The molecule has 3 aromatic carbocycles. The van der Waals surface area contributed by atoms with Gasteiger partial charge in [-0.25, -0.2) is 4.79 Å². The number of carbonyl (C=O) groups is 2. The van der Waals surface area contributed by atoms with Crippen LogP contribution in [0.2, 0.25) is 0 Å². The van der Waals surface area contributed by atoms with Crippen molar-refractivity contribution in [3.63, 3.8) is 0 Å². The van der Waals surface area contributed by atoms with Crippen molar-refractivity contribution < 1.29 is 32.6 Å². The minimum absolute atomic E-state index is 0.0312. The Hall–Kier alpha value is -3.65. The Morgan fingerprint density at radius 2 is 1.48 bits per heavy atom. The Labute approximate surface area is 188 Å². The van der Waals surface area contributed by atoms with Crippen molar-refractivity contribution in [1.82, 2.24) is 5.32 Å². The molecule has 0 saturated carbocycles. The molecule has 0 fully saturated rings. The summed E-state index contributed by atoms with van der Waals surface area (Å²) in [4.78, 5) is 24.7. The number of hydrogen-bond acceptors (Lipinski definition) is 4. The number of benzene rings is 3. The fraction of sp³-hybridized carbons (Fsp3) is 0.200. The molecule has 0 aliphatic carbocycles. The van der Waals surface area contributed by atoms with E-state index in [2.05, 4.69) is 5.32 Å². The summed E-state index contributed by atoms with van der Waals surface area (Å²) < 4.78 is 42.9. The highest BCUT2D eigenvalue weighted by atomic mass is 19.4. The molecular formula is C25H22F3NO4. The molecule has 0 radical (unpaired) electrons. The number of carbonyl (C=O) groups excluding carboxylic acids is 2. The molecule has 0 heterocycles. The van der Waals surface area contributed by atoms with Crippen LogP contribution in [0.4, 0.5) is 13.2 Å². The van der Waals surface area contributed by atoms with Crippen LogP contribution in [0.5, 0.6) is 0 Å². The van der Waals surface area contributed by atoms with Crippen molar-refractivity contribution in [3.05, 3.63) is 95.6 Å². The lowest BCUT2D eigenvalue weighted by atomic mass is 10.00. The third kappa shape index (κ3) is 6.20. The average Bonchev–Trinajstić information content (AvgIpc) is 2.83. The summed E-state index contributed by atoms with van der Waals surface area (Å²) >= 11 is 0. The van der Waals surface area contributed by atoms with E-state index >= 15 is 0 Å². The van der Waals surface area contributed by atoms with Gasteiger partial charge in [0.2, 0.25) is 0 Å². The molecular weight excluding hydrogens is 435 g/mol. The van der Waals surface area contributed by atoms with Gasteiger partial charge in [0.05, 0.1) is 12.7 Å². The van der Waals surface area contributed by atoms with E-state index < -0.39 is 35.8 Å². The van der Waals surface area contributed by atoms with Crippen LogP contribution in [0.25, 0.3) is 11.1 Å². The maximum Gasteiger partial charge on any atom is 0.416 e. The van der Waals surface area contributed by atoms with Crippen LogP contribution in [-0.4, -0.2) is 30.1 Å². The maximum atomic E-state index is 12.7. The molecule has 2 atom stereocenters. The van der Waals surface area contributed by atoms with Crippen molar-refractivity contribution in [3.8, 4) is 11.1 Å². The molecule has 0 spiro atoms. The van der Waals surface area contributed by atoms with E-state index in [0.717, 1.165) is 41.0 Å². The van der Waals surface area contributed by atoms with Gasteiger partial charge in [0.25, 0.3) is 5.91 Å². The second-order valence-corrected chi connectivity index (χ2v) is 7.37. The van der Waals surface area contributed by atoms with Gasteiger partial charge in [-0.05, 0) is 34.4 Å². The van der Waals surface area contributed by atoms with Gasteiger partial charge in [-0.2, -0.15) is 13.2 Å². The highest BCUT2D eigenvalue weighted by molar-refractivity contribution is 5.87. The molecule has 0 saturated heterocycles. The van der Waals surface area contributed by atoms with E-state index in [1.165, 1.54) is 7.11 Å². The van der Waals surface area contributed by atoms with Crippen LogP contribution in [0.15, 0.2) is 78.9 Å². The highest BCUT2D eigenvalue weighted by Crippen LogP contribution is 2.30. The Bertz CT molecular complexity index is 1080. The van der Waals surface area contributed by atoms with Crippen molar-refractivity contribution in [2.24, 2.45) is 0 Å². The zero-order valence-corrected chi connectivity index (χ0v) is 17.7. The van der Waals surface area contributed by atoms with Gasteiger partial charge in [0, 0.05) is 6.42 Å². The number of hydrogen-bond donors (Lipinski definition) is 2. The molecule has 8 heteroatoms. The summed E-state index contributed by atoms with van der Waals surface area (Å²) in [6, 6.07) is 19.6. The first-order valence-corrected chi connectivity index (χ1v) is 10.1. The topological polar surface area (TPSA) is 75.6 Å². The minimum atomic E-state index is -4.53. The van der Waals surface area contributed by atoms with E-state index in [1.807, 2.05) is 54.6 Å². The molecule has 1 amide bonds. The SMILES string of the molecule is COC(=O)[C@@H](Cc1ccc(-c2ccccc2)cc1)NC(=O)[C@@H](O)c1ccc(C(F)(F)F)cc1. The Balaban J connectivity index is 1.70. The van der Waals surface area contributed by atoms with Crippen molar-refractivity contribution in [1.29, 1.82) is 0 Å². The molecule has 3 aromatic rings. The number of alkyl halides is 3. The lowest BCUT2D eigenvalue weighted by Crippen LogP contribution is -2.45. The number of methoxy groups -OCH3 is 1. The van der Waals surface area contributed by atoms with Gasteiger partial charge in [0.1, 0.15) is 6.04 Å². The number of halogens is 3. The van der Waals surface area contributed by atoms with Crippen LogP contribution < -0.4 is 5.32 Å². The molecule has 0 aliphatic rings. The fourth-order valence-corrected chi connectivity index (χ4v) is 3.29. The highest BCUT2D eigenvalue weighted by Gasteiger charge is 2.31. The molecule has 2 N–H and O–H groups in total. The van der Waals surface area contributed by atoms with Gasteiger partial charge in [-0.1, -0.05) is 66.7 Å². The third-order valence-electron chi connectivity index (χ3n) is 5.11. The number of esters is 1. The van der Waals surface area contributed by atoms with Crippen molar-refractivity contribution in [2.75, 3.05) is 7.11 Å². The lowest BCUT2D eigenvalue weighted by Gasteiger charge is -2.19. The zero-order valence-electron chi connectivity index (χ0n) is 17.7. The van der Waals surface area contributed by atoms with E-state index in [0.29, 0.717) is 0 Å². The first kappa shape index (κ1) is 24.0. The Kier molecular flexibility index (Phi) is 7.50. The number of rotatable bonds is 7. The van der Waals surface area contributed by atoms with Gasteiger partial charge in [-0.15, -0.1) is 0 Å². The quantitative estimate of drug-likeness (QED) is 0.519. The third-order valence-corrected chi connectivity index (χ3v) is 5.11. The van der Waals surface area contributed by atoms with Crippen LogP contribution in [0, 0.1) is 0 Å². The van der Waals surface area contributed by atoms with Crippen LogP contribution in [0.3, 0.4) is 0 Å². The summed E-state index contributed by atoms with van der Waals surface area (Å²) in [6.45, 7) is 0. The first-order valence-electron chi connectivity index (χ1n) is 10.1. The molecule has 0 bridgehead atoms. The van der Waals surface area contributed by atoms with E-state index in [1.54, 1.807) is 0 Å². The minimum Gasteiger partial charge on any atom is -0.467 e. The van der Waals surface area contributed by atoms with Gasteiger partial charge in [-0.3, -0.25) is 4.79 Å². The summed E-state index contributed by atoms with van der Waals surface area (Å²) in [7, 11) is 1.17. The number of aliphatic hydroxyl groups is 1. The van der Waals surface area contributed by atoms with E-state index in [-0.39, 0.29) is 12.0 Å². The summed E-state index contributed by atoms with van der Waals surface area (Å²) in [6.07, 6.45) is -6.18. The van der Waals surface area contributed by atoms with Crippen LogP contribution in [-0.2, 0) is 26.9 Å². The van der Waals surface area contributed by atoms with Crippen LogP contribution in [0.1, 0.15) is 22.8 Å². The lowest BCUT2D eigenvalue weighted by molar-refractivity contribution is -0.146. The molecule has 3 rings (SSSR count). The Morgan fingerprint density at radius 3 is 2.03 bits per heavy atom. The van der Waals surface area contributed by atoms with Crippen LogP contribution >= 0.6 is 0 Å². The maximum absolute atomic E-state index is 12.7. The largest absolute Gasteiger partial charge is 0.467 e. The number of nitrogens with one attached hydrogen (secondary N) is 1. The van der Waals surface area contributed by atoms with Gasteiger partial charge < -0.3 is 15.2 Å². The average molecular weight is 457 g/mol. The molecule has 5 nitrogen and oxygen atoms in total. The Morgan fingerprint density at radius 1 is 0.909 bits per heavy atom. The van der Waals surface area contributed by atoms with Crippen molar-refractivity contribution in [2.45, 2.75) is 24.7 Å². The predicted octanol–water partition coefficient (Wildman–Crippen LogP) is 4.31. The monoisotopic (exact) mass is 457 g/mol. The van der Waals surface area contributed by atoms with E-state index in [4.69, 9.17) is 4.74 Å². The molecule has 0 aliphatic heterocycles. The number of aliphatic hydroxyl groups excluding tert-OH is 1. The summed E-state index contributed by atoms with van der Waals surface area (Å²) in [5.41, 5.74) is 1.83.